The van der Waals surface area contributed by atoms with Crippen LogP contribution in [0.2, 0.25) is 0 Å². The number of hydrogen-bond acceptors (Lipinski definition) is 6. The number of nitrogens with one attached hydrogen (secondary N) is 2. The Hall–Kier alpha value is -4.35. The van der Waals surface area contributed by atoms with E-state index in [2.05, 4.69) is 15.5 Å². The van der Waals surface area contributed by atoms with E-state index in [9.17, 15) is 23.2 Å². The van der Waals surface area contributed by atoms with Gasteiger partial charge in [-0.3, -0.25) is 19.3 Å². The Morgan fingerprint density at radius 2 is 1.63 bits per heavy atom. The lowest BCUT2D eigenvalue weighted by molar-refractivity contribution is -0.132. The third-order valence-corrected chi connectivity index (χ3v) is 7.47. The van der Waals surface area contributed by atoms with E-state index in [0.717, 1.165) is 31.3 Å². The monoisotopic (exact) mass is 592 g/mol. The molecule has 2 heterocycles. The third-order valence-electron chi connectivity index (χ3n) is 7.47. The topological polar surface area (TPSA) is 100 Å². The molecular formula is C32H34F2N4O5. The lowest BCUT2D eigenvalue weighted by Crippen LogP contribution is -2.56. The molecule has 43 heavy (non-hydrogen) atoms. The zero-order chi connectivity index (χ0) is 30.3. The number of benzene rings is 3. The summed E-state index contributed by atoms with van der Waals surface area (Å²) in [6, 6.07) is 17.1. The average Bonchev–Trinajstić information content (AvgIpc) is 3.10. The van der Waals surface area contributed by atoms with Crippen LogP contribution in [0.25, 0.3) is 0 Å². The molecule has 3 atom stereocenters. The number of hydrogen-bond donors (Lipinski definition) is 2. The van der Waals surface area contributed by atoms with Gasteiger partial charge in [-0.15, -0.1) is 0 Å². The summed E-state index contributed by atoms with van der Waals surface area (Å²) in [6.07, 6.45) is -1.18. The van der Waals surface area contributed by atoms with Crippen LogP contribution in [0, 0.1) is 11.6 Å². The first-order valence-electron chi connectivity index (χ1n) is 14.3. The number of ether oxygens (including phenoxy) is 2. The van der Waals surface area contributed by atoms with Crippen molar-refractivity contribution in [1.82, 2.24) is 15.5 Å². The van der Waals surface area contributed by atoms with E-state index in [1.807, 2.05) is 48.5 Å². The van der Waals surface area contributed by atoms with E-state index < -0.39 is 41.6 Å². The van der Waals surface area contributed by atoms with E-state index in [1.165, 1.54) is 6.92 Å². The van der Waals surface area contributed by atoms with Crippen LogP contribution in [0.1, 0.15) is 24.2 Å². The van der Waals surface area contributed by atoms with E-state index in [-0.39, 0.29) is 17.9 Å². The highest BCUT2D eigenvalue weighted by atomic mass is 19.1. The van der Waals surface area contributed by atoms with Crippen molar-refractivity contribution >= 4 is 23.4 Å². The van der Waals surface area contributed by atoms with Crippen molar-refractivity contribution in [2.75, 3.05) is 44.3 Å². The molecule has 2 N–H and O–H groups in total. The van der Waals surface area contributed by atoms with Crippen LogP contribution in [0.5, 0.6) is 5.75 Å². The average molecular weight is 593 g/mol. The van der Waals surface area contributed by atoms with Crippen LogP contribution in [-0.4, -0.2) is 74.1 Å². The molecule has 1 fully saturated rings. The first-order valence-corrected chi connectivity index (χ1v) is 14.3. The molecule has 0 saturated carbocycles. The molecule has 1 saturated heterocycles. The van der Waals surface area contributed by atoms with Crippen molar-refractivity contribution in [3.05, 3.63) is 95.6 Å². The fourth-order valence-electron chi connectivity index (χ4n) is 5.27. The van der Waals surface area contributed by atoms with Gasteiger partial charge in [0.2, 0.25) is 11.8 Å². The van der Waals surface area contributed by atoms with Crippen LogP contribution >= 0.6 is 0 Å². The summed E-state index contributed by atoms with van der Waals surface area (Å²) in [6.45, 7) is 5.21. The van der Waals surface area contributed by atoms with Gasteiger partial charge in [0.15, 0.2) is 6.10 Å². The maximum absolute atomic E-state index is 14.3. The molecule has 5 rings (SSSR count). The number of halogens is 2. The number of carbonyl (C=O) groups is 3. The molecular weight excluding hydrogens is 558 g/mol. The fourth-order valence-corrected chi connectivity index (χ4v) is 5.27. The quantitative estimate of drug-likeness (QED) is 0.397. The standard InChI is InChI=1S/C32H34F2N4O5/c1-21(35-28(39)19-22-17-24(33)20-25(34)18-22)31(40)36-29-30(23-7-3-2-4-8-23)43-27-10-6-5-9-26(27)38(32(29)41)12-11-37-13-15-42-16-14-37/h2-10,17-18,20-21,29-30H,11-16,19H2,1H3,(H,35,39)(H,36,40)/t21-,29-,30+/m0/s1. The van der Waals surface area contributed by atoms with Crippen LogP contribution in [0.3, 0.4) is 0 Å². The summed E-state index contributed by atoms with van der Waals surface area (Å²) in [4.78, 5) is 44.2. The van der Waals surface area contributed by atoms with Gasteiger partial charge in [-0.25, -0.2) is 8.78 Å². The van der Waals surface area contributed by atoms with Crippen molar-refractivity contribution in [1.29, 1.82) is 0 Å². The Morgan fingerprint density at radius 3 is 2.35 bits per heavy atom. The summed E-state index contributed by atoms with van der Waals surface area (Å²) in [7, 11) is 0. The lowest BCUT2D eigenvalue weighted by Gasteiger charge is -2.31. The van der Waals surface area contributed by atoms with E-state index in [1.54, 1.807) is 11.0 Å². The van der Waals surface area contributed by atoms with E-state index in [0.29, 0.717) is 43.3 Å². The van der Waals surface area contributed by atoms with Gasteiger partial charge in [-0.2, -0.15) is 0 Å². The van der Waals surface area contributed by atoms with Crippen LogP contribution in [-0.2, 0) is 25.5 Å². The summed E-state index contributed by atoms with van der Waals surface area (Å²) < 4.78 is 39.0. The van der Waals surface area contributed by atoms with Crippen molar-refractivity contribution < 1.29 is 32.6 Å². The van der Waals surface area contributed by atoms with Crippen molar-refractivity contribution in [3.8, 4) is 5.75 Å². The number of morpholine rings is 1. The summed E-state index contributed by atoms with van der Waals surface area (Å²) in [5, 5.41) is 5.38. The first kappa shape index (κ1) is 30.1. The molecule has 0 spiro atoms. The van der Waals surface area contributed by atoms with Gasteiger partial charge in [-0.05, 0) is 42.3 Å². The van der Waals surface area contributed by atoms with Crippen LogP contribution < -0.4 is 20.3 Å². The van der Waals surface area contributed by atoms with Gasteiger partial charge < -0.3 is 25.0 Å². The Balaban J connectivity index is 1.36. The second-order valence-electron chi connectivity index (χ2n) is 10.6. The third kappa shape index (κ3) is 7.54. The smallest absolute Gasteiger partial charge is 0.253 e. The number of amides is 3. The van der Waals surface area contributed by atoms with Gasteiger partial charge in [-0.1, -0.05) is 42.5 Å². The highest BCUT2D eigenvalue weighted by Crippen LogP contribution is 2.37. The number of nitrogens with zero attached hydrogens (tertiary/aromatic N) is 2. The Labute approximate surface area is 248 Å². The van der Waals surface area contributed by atoms with Gasteiger partial charge in [0, 0.05) is 32.2 Å². The zero-order valence-corrected chi connectivity index (χ0v) is 23.8. The number of carbonyl (C=O) groups excluding carboxylic acids is 3. The van der Waals surface area contributed by atoms with Gasteiger partial charge in [0.1, 0.15) is 29.5 Å². The minimum atomic E-state index is -1.12. The molecule has 2 aliphatic heterocycles. The summed E-state index contributed by atoms with van der Waals surface area (Å²) >= 11 is 0. The summed E-state index contributed by atoms with van der Waals surface area (Å²) in [5.41, 5.74) is 1.42. The van der Waals surface area contributed by atoms with E-state index in [4.69, 9.17) is 9.47 Å². The van der Waals surface area contributed by atoms with E-state index >= 15 is 0 Å². The van der Waals surface area contributed by atoms with Crippen molar-refractivity contribution in [2.24, 2.45) is 0 Å². The maximum Gasteiger partial charge on any atom is 0.253 e. The largest absolute Gasteiger partial charge is 0.481 e. The minimum absolute atomic E-state index is 0.132. The molecule has 0 aromatic heterocycles. The molecule has 0 bridgehead atoms. The first-order chi connectivity index (χ1) is 20.8. The Bertz CT molecular complexity index is 1430. The Morgan fingerprint density at radius 1 is 0.953 bits per heavy atom. The number of anilines is 1. The number of rotatable bonds is 9. The molecule has 3 amide bonds. The minimum Gasteiger partial charge on any atom is -0.481 e. The SMILES string of the molecule is C[C@H](NC(=O)Cc1cc(F)cc(F)c1)C(=O)N[C@@H]1C(=O)N(CCN2CCOCC2)c2ccccc2O[C@@H]1c1ccccc1. The molecule has 3 aromatic carbocycles. The highest BCUT2D eigenvalue weighted by molar-refractivity contribution is 6.02. The Kier molecular flexibility index (Phi) is 9.63. The van der Waals surface area contributed by atoms with Crippen molar-refractivity contribution in [3.63, 3.8) is 0 Å². The predicted molar refractivity (Wildman–Crippen MR) is 155 cm³/mol. The van der Waals surface area contributed by atoms with Crippen LogP contribution in [0.4, 0.5) is 14.5 Å². The molecule has 3 aromatic rings. The van der Waals surface area contributed by atoms with Gasteiger partial charge >= 0.3 is 0 Å². The number of para-hydroxylation sites is 2. The fraction of sp³-hybridized carbons (Fsp3) is 0.344. The second kappa shape index (κ2) is 13.7. The molecule has 11 heteroatoms. The molecule has 0 radical (unpaired) electrons. The zero-order valence-electron chi connectivity index (χ0n) is 23.8. The molecule has 226 valence electrons. The number of fused-ring (bicyclic) bond motifs is 1. The van der Waals surface area contributed by atoms with Gasteiger partial charge in [0.05, 0.1) is 25.3 Å². The normalized spacial score (nSPS) is 19.5. The predicted octanol–water partition coefficient (Wildman–Crippen LogP) is 3.00. The van der Waals surface area contributed by atoms with Gasteiger partial charge in [0.25, 0.3) is 5.91 Å². The molecule has 9 nitrogen and oxygen atoms in total. The lowest BCUT2D eigenvalue weighted by atomic mass is 10.0. The maximum atomic E-state index is 14.3. The molecule has 2 aliphatic rings. The second-order valence-corrected chi connectivity index (χ2v) is 10.6. The highest BCUT2D eigenvalue weighted by Gasteiger charge is 2.41. The summed E-state index contributed by atoms with van der Waals surface area (Å²) in [5.74, 6) is -2.66. The molecule has 0 unspecified atom stereocenters. The van der Waals surface area contributed by atoms with Crippen molar-refractivity contribution in [2.45, 2.75) is 31.5 Å². The molecule has 0 aliphatic carbocycles. The van der Waals surface area contributed by atoms with Crippen LogP contribution in [0.15, 0.2) is 72.8 Å².